The van der Waals surface area contributed by atoms with Crippen molar-refractivity contribution in [2.24, 2.45) is 11.3 Å². The van der Waals surface area contributed by atoms with Crippen LogP contribution in [0.1, 0.15) is 79.6 Å². The van der Waals surface area contributed by atoms with Crippen molar-refractivity contribution in [3.05, 3.63) is 11.1 Å². The van der Waals surface area contributed by atoms with E-state index in [9.17, 15) is 4.79 Å². The molecule has 0 aromatic heterocycles. The van der Waals surface area contributed by atoms with Gasteiger partial charge in [-0.25, -0.2) is 9.78 Å². The summed E-state index contributed by atoms with van der Waals surface area (Å²) < 4.78 is 4.80. The quantitative estimate of drug-likeness (QED) is 0.403. The average molecular weight is 338 g/mol. The summed E-state index contributed by atoms with van der Waals surface area (Å²) in [5.41, 5.74) is 3.19. The van der Waals surface area contributed by atoms with E-state index in [1.165, 1.54) is 26.4 Å². The number of rotatable bonds is 5. The Hall–Kier alpha value is -0.870. The van der Waals surface area contributed by atoms with Gasteiger partial charge in [-0.2, -0.15) is 0 Å². The summed E-state index contributed by atoms with van der Waals surface area (Å²) in [6, 6.07) is 0. The van der Waals surface area contributed by atoms with Crippen LogP contribution >= 0.6 is 0 Å². The van der Waals surface area contributed by atoms with Crippen molar-refractivity contribution in [2.75, 3.05) is 7.11 Å². The third-order valence-electron chi connectivity index (χ3n) is 6.05. The molecule has 2 aliphatic rings. The molecule has 1 saturated heterocycles. The molecule has 0 bridgehead atoms. The fraction of sp³-hybridized carbons (Fsp3) is 0.850. The molecular formula is C20H34O4. The molecule has 1 fully saturated rings. The van der Waals surface area contributed by atoms with Gasteiger partial charge in [0.25, 0.3) is 0 Å². The topological polar surface area (TPSA) is 44.8 Å². The summed E-state index contributed by atoms with van der Waals surface area (Å²) in [5, 5.41) is 0. The number of carbonyl (C=O) groups is 1. The maximum Gasteiger partial charge on any atom is 0.311 e. The van der Waals surface area contributed by atoms with Crippen LogP contribution in [-0.2, 0) is 19.3 Å². The molecule has 24 heavy (non-hydrogen) atoms. The van der Waals surface area contributed by atoms with Gasteiger partial charge in [-0.05, 0) is 71.1 Å². The van der Waals surface area contributed by atoms with Gasteiger partial charge in [-0.1, -0.05) is 25.0 Å². The molecule has 0 radical (unpaired) electrons. The van der Waals surface area contributed by atoms with Crippen molar-refractivity contribution in [1.29, 1.82) is 0 Å². The van der Waals surface area contributed by atoms with Gasteiger partial charge in [0.2, 0.25) is 0 Å². The standard InChI is InChI=1S/C20H34O4/c1-14-8-7-11-19(3,4)16(14)9-12-20(5)13-10-17(23-24-20)15(2)18(21)22-6/h15,17H,7-13H2,1-6H3/t15-,17?,20-/m1/s1. The molecule has 4 nitrogen and oxygen atoms in total. The van der Waals surface area contributed by atoms with Crippen LogP contribution in [0.2, 0.25) is 0 Å². The van der Waals surface area contributed by atoms with Crippen molar-refractivity contribution in [3.8, 4) is 0 Å². The number of allylic oxidation sites excluding steroid dienone is 2. The molecule has 1 aliphatic heterocycles. The summed E-state index contributed by atoms with van der Waals surface area (Å²) in [6.07, 6.45) is 7.35. The van der Waals surface area contributed by atoms with Crippen LogP contribution in [0.3, 0.4) is 0 Å². The van der Waals surface area contributed by atoms with Gasteiger partial charge in [-0.3, -0.25) is 4.79 Å². The summed E-state index contributed by atoms with van der Waals surface area (Å²) in [6.45, 7) is 11.0. The zero-order valence-corrected chi connectivity index (χ0v) is 16.2. The van der Waals surface area contributed by atoms with Gasteiger partial charge in [0.1, 0.15) is 11.7 Å². The van der Waals surface area contributed by atoms with Crippen LogP contribution in [0, 0.1) is 11.3 Å². The molecule has 0 spiro atoms. The van der Waals surface area contributed by atoms with Gasteiger partial charge < -0.3 is 4.74 Å². The highest BCUT2D eigenvalue weighted by Gasteiger charge is 2.39. The summed E-state index contributed by atoms with van der Waals surface area (Å²) in [7, 11) is 1.41. The van der Waals surface area contributed by atoms with Gasteiger partial charge in [0.05, 0.1) is 13.0 Å². The van der Waals surface area contributed by atoms with E-state index >= 15 is 0 Å². The second-order valence-electron chi connectivity index (χ2n) is 8.51. The van der Waals surface area contributed by atoms with Crippen molar-refractivity contribution < 1.29 is 19.3 Å². The van der Waals surface area contributed by atoms with E-state index in [-0.39, 0.29) is 23.6 Å². The van der Waals surface area contributed by atoms with Crippen LogP contribution < -0.4 is 0 Å². The fourth-order valence-corrected chi connectivity index (χ4v) is 4.17. The number of hydrogen-bond donors (Lipinski definition) is 0. The van der Waals surface area contributed by atoms with Gasteiger partial charge in [0, 0.05) is 0 Å². The Labute approximate surface area is 146 Å². The molecule has 1 heterocycles. The second-order valence-corrected chi connectivity index (χ2v) is 8.51. The second kappa shape index (κ2) is 7.57. The first kappa shape index (κ1) is 19.5. The van der Waals surface area contributed by atoms with Crippen molar-refractivity contribution in [2.45, 2.75) is 91.3 Å². The highest BCUT2D eigenvalue weighted by Crippen LogP contribution is 2.44. The van der Waals surface area contributed by atoms with Gasteiger partial charge >= 0.3 is 5.97 Å². The summed E-state index contributed by atoms with van der Waals surface area (Å²) in [5.74, 6) is -0.529. The molecule has 4 heteroatoms. The van der Waals surface area contributed by atoms with E-state index < -0.39 is 0 Å². The molecule has 1 aliphatic carbocycles. The normalized spacial score (nSPS) is 31.7. The lowest BCUT2D eigenvalue weighted by molar-refractivity contribution is -0.411. The summed E-state index contributed by atoms with van der Waals surface area (Å²) >= 11 is 0. The predicted octanol–water partition coefficient (Wildman–Crippen LogP) is 4.97. The van der Waals surface area contributed by atoms with E-state index in [1.807, 2.05) is 6.92 Å². The lowest BCUT2D eigenvalue weighted by Gasteiger charge is -2.40. The maximum atomic E-state index is 11.6. The SMILES string of the molecule is COC(=O)[C@H](C)C1CC[C@@](C)(CCC2=C(C)CCCC2(C)C)OO1. The zero-order chi connectivity index (χ0) is 18.0. The average Bonchev–Trinajstić information content (AvgIpc) is 2.53. The highest BCUT2D eigenvalue weighted by atomic mass is 17.2. The number of hydrogen-bond acceptors (Lipinski definition) is 4. The molecule has 3 atom stereocenters. The fourth-order valence-electron chi connectivity index (χ4n) is 4.17. The first-order valence-electron chi connectivity index (χ1n) is 9.30. The molecule has 0 saturated carbocycles. The van der Waals surface area contributed by atoms with E-state index in [0.717, 1.165) is 25.7 Å². The van der Waals surface area contributed by atoms with Crippen LogP contribution in [0.5, 0.6) is 0 Å². The maximum absolute atomic E-state index is 11.6. The zero-order valence-electron chi connectivity index (χ0n) is 16.2. The first-order valence-corrected chi connectivity index (χ1v) is 9.30. The summed E-state index contributed by atoms with van der Waals surface area (Å²) in [4.78, 5) is 23.0. The molecule has 1 unspecified atom stereocenters. The van der Waals surface area contributed by atoms with E-state index in [4.69, 9.17) is 14.5 Å². The minimum atomic E-state index is -0.290. The lowest BCUT2D eigenvalue weighted by atomic mass is 9.70. The third kappa shape index (κ3) is 4.40. The smallest absolute Gasteiger partial charge is 0.311 e. The first-order chi connectivity index (χ1) is 11.2. The Morgan fingerprint density at radius 1 is 1.33 bits per heavy atom. The Kier molecular flexibility index (Phi) is 6.14. The molecule has 0 amide bonds. The molecular weight excluding hydrogens is 304 g/mol. The Morgan fingerprint density at radius 2 is 2.04 bits per heavy atom. The number of methoxy groups -OCH3 is 1. The van der Waals surface area contributed by atoms with Crippen LogP contribution in [-0.4, -0.2) is 24.8 Å². The molecule has 2 rings (SSSR count). The monoisotopic (exact) mass is 338 g/mol. The van der Waals surface area contributed by atoms with Crippen LogP contribution in [0.25, 0.3) is 0 Å². The van der Waals surface area contributed by atoms with Gasteiger partial charge in [0.15, 0.2) is 0 Å². The van der Waals surface area contributed by atoms with E-state index in [2.05, 4.69) is 27.7 Å². The highest BCUT2D eigenvalue weighted by molar-refractivity contribution is 5.72. The molecule has 0 N–H and O–H groups in total. The minimum absolute atomic E-state index is 0.211. The van der Waals surface area contributed by atoms with Crippen molar-refractivity contribution >= 4 is 5.97 Å². The predicted molar refractivity (Wildman–Crippen MR) is 94.3 cm³/mol. The van der Waals surface area contributed by atoms with Crippen LogP contribution in [0.15, 0.2) is 11.1 Å². The molecule has 138 valence electrons. The number of carbonyl (C=O) groups excluding carboxylic acids is 1. The number of ether oxygens (including phenoxy) is 1. The van der Waals surface area contributed by atoms with Gasteiger partial charge in [-0.15, -0.1) is 0 Å². The number of esters is 1. The molecule has 0 aromatic carbocycles. The lowest BCUT2D eigenvalue weighted by Crippen LogP contribution is -2.42. The Bertz CT molecular complexity index is 484. The van der Waals surface area contributed by atoms with Crippen molar-refractivity contribution in [1.82, 2.24) is 0 Å². The third-order valence-corrected chi connectivity index (χ3v) is 6.05. The Balaban J connectivity index is 1.91. The van der Waals surface area contributed by atoms with Crippen LogP contribution in [0.4, 0.5) is 0 Å². The Morgan fingerprint density at radius 3 is 2.58 bits per heavy atom. The van der Waals surface area contributed by atoms with Crippen molar-refractivity contribution in [3.63, 3.8) is 0 Å². The minimum Gasteiger partial charge on any atom is -0.469 e. The van der Waals surface area contributed by atoms with E-state index in [1.54, 1.807) is 11.1 Å². The van der Waals surface area contributed by atoms with E-state index in [0.29, 0.717) is 5.41 Å². The largest absolute Gasteiger partial charge is 0.469 e. The molecule has 0 aromatic rings.